The van der Waals surface area contributed by atoms with E-state index in [0.717, 1.165) is 45.3 Å². The number of carbonyl (C=O) groups is 3. The molecule has 0 heterocycles. The van der Waals surface area contributed by atoms with Gasteiger partial charge in [-0.05, 0) is 101 Å². The SMILES string of the molecule is C=C(C)c1cccc(C(C)(C)NC(=O)CC(C=O)C2C=C(C)C(C)C(C(=O)N(C)C(C)(C)c3cccc(C(=C)C)c3)C2)c1. The van der Waals surface area contributed by atoms with E-state index in [1.807, 2.05) is 89.0 Å². The largest absolute Gasteiger partial charge is 0.347 e. The molecule has 1 N–H and O–H groups in total. The molecule has 0 aromatic heterocycles. The molecule has 2 amide bonds. The van der Waals surface area contributed by atoms with Crippen molar-refractivity contribution in [1.29, 1.82) is 0 Å². The van der Waals surface area contributed by atoms with Gasteiger partial charge in [0.15, 0.2) is 0 Å². The van der Waals surface area contributed by atoms with Gasteiger partial charge in [0.2, 0.25) is 11.8 Å². The second-order valence-electron chi connectivity index (χ2n) is 13.6. The van der Waals surface area contributed by atoms with Gasteiger partial charge in [-0.25, -0.2) is 0 Å². The zero-order valence-corrected chi connectivity index (χ0v) is 27.6. The highest BCUT2D eigenvalue weighted by Crippen LogP contribution is 2.40. The van der Waals surface area contributed by atoms with Gasteiger partial charge in [-0.2, -0.15) is 0 Å². The van der Waals surface area contributed by atoms with Crippen LogP contribution in [0, 0.1) is 23.7 Å². The van der Waals surface area contributed by atoms with E-state index in [-0.39, 0.29) is 36.0 Å². The fourth-order valence-electron chi connectivity index (χ4n) is 6.03. The van der Waals surface area contributed by atoms with E-state index in [2.05, 4.69) is 51.4 Å². The zero-order valence-electron chi connectivity index (χ0n) is 27.6. The fraction of sp³-hybridized carbons (Fsp3) is 0.447. The second kappa shape index (κ2) is 13.3. The molecule has 4 atom stereocenters. The molecule has 4 unspecified atom stereocenters. The lowest BCUT2D eigenvalue weighted by molar-refractivity contribution is -0.142. The first kappa shape index (κ1) is 33.8. The first-order chi connectivity index (χ1) is 20.0. The summed E-state index contributed by atoms with van der Waals surface area (Å²) in [7, 11) is 1.86. The van der Waals surface area contributed by atoms with Crippen molar-refractivity contribution in [2.45, 2.75) is 79.3 Å². The molecule has 230 valence electrons. The van der Waals surface area contributed by atoms with E-state index in [0.29, 0.717) is 6.42 Å². The standard InChI is InChI=1S/C38H50N2O3/c1-24(2)28-14-12-16-32(19-28)37(7,8)39-35(42)22-31(23-41)30-18-26(5)27(6)34(21-30)36(43)40(11)38(9,10)33-17-13-15-29(20-33)25(3)4/h12-20,23,27,30-31,34H,1,3,21-22H2,2,4-11H3,(H,39,42). The highest BCUT2D eigenvalue weighted by molar-refractivity contribution is 5.82. The van der Waals surface area contributed by atoms with Gasteiger partial charge in [-0.3, -0.25) is 9.59 Å². The highest BCUT2D eigenvalue weighted by Gasteiger charge is 2.41. The van der Waals surface area contributed by atoms with E-state index >= 15 is 0 Å². The number of aldehydes is 1. The maximum absolute atomic E-state index is 14.1. The number of rotatable bonds is 11. The first-order valence-electron chi connectivity index (χ1n) is 15.2. The Morgan fingerprint density at radius 1 is 1.00 bits per heavy atom. The Hall–Kier alpha value is -3.73. The minimum absolute atomic E-state index is 0.0319. The molecule has 2 aromatic carbocycles. The summed E-state index contributed by atoms with van der Waals surface area (Å²) in [6, 6.07) is 16.2. The number of allylic oxidation sites excluding steroid dienone is 4. The smallest absolute Gasteiger partial charge is 0.226 e. The van der Waals surface area contributed by atoms with Crippen molar-refractivity contribution in [2.75, 3.05) is 7.05 Å². The van der Waals surface area contributed by atoms with E-state index in [9.17, 15) is 14.4 Å². The van der Waals surface area contributed by atoms with Crippen molar-refractivity contribution >= 4 is 29.2 Å². The molecule has 5 nitrogen and oxygen atoms in total. The molecule has 2 aromatic rings. The Morgan fingerprint density at radius 2 is 1.53 bits per heavy atom. The van der Waals surface area contributed by atoms with Gasteiger partial charge in [-0.15, -0.1) is 0 Å². The summed E-state index contributed by atoms with van der Waals surface area (Å²) in [5.41, 5.74) is 5.91. The summed E-state index contributed by atoms with van der Waals surface area (Å²) in [5, 5.41) is 3.14. The van der Waals surface area contributed by atoms with Gasteiger partial charge in [0.05, 0.1) is 11.1 Å². The van der Waals surface area contributed by atoms with Crippen LogP contribution in [-0.4, -0.2) is 30.0 Å². The molecular formula is C38H50N2O3. The Labute approximate surface area is 259 Å². The summed E-state index contributed by atoms with van der Waals surface area (Å²) >= 11 is 0. The Kier molecular flexibility index (Phi) is 10.4. The van der Waals surface area contributed by atoms with Crippen LogP contribution in [0.2, 0.25) is 0 Å². The number of hydrogen-bond acceptors (Lipinski definition) is 3. The monoisotopic (exact) mass is 582 g/mol. The van der Waals surface area contributed by atoms with Gasteiger partial charge in [0.1, 0.15) is 6.29 Å². The third-order valence-electron chi connectivity index (χ3n) is 9.55. The number of carbonyl (C=O) groups excluding carboxylic acids is 3. The Balaban J connectivity index is 1.78. The van der Waals surface area contributed by atoms with E-state index < -0.39 is 17.0 Å². The highest BCUT2D eigenvalue weighted by atomic mass is 16.2. The third-order valence-corrected chi connectivity index (χ3v) is 9.55. The summed E-state index contributed by atoms with van der Waals surface area (Å²) in [6.45, 7) is 24.2. The Bertz CT molecular complexity index is 1430. The normalized spacial score (nSPS) is 19.6. The van der Waals surface area contributed by atoms with Gasteiger partial charge in [0.25, 0.3) is 0 Å². The van der Waals surface area contributed by atoms with Crippen LogP contribution in [0.1, 0.15) is 90.5 Å². The number of nitrogens with zero attached hydrogens (tertiary/aromatic N) is 1. The van der Waals surface area contributed by atoms with Gasteiger partial charge < -0.3 is 15.0 Å². The van der Waals surface area contributed by atoms with Crippen LogP contribution in [0.15, 0.2) is 73.3 Å². The molecule has 0 bridgehead atoms. The van der Waals surface area contributed by atoms with Gasteiger partial charge in [-0.1, -0.05) is 79.3 Å². The lowest BCUT2D eigenvalue weighted by Crippen LogP contribution is -2.48. The van der Waals surface area contributed by atoms with Crippen LogP contribution in [0.5, 0.6) is 0 Å². The fourth-order valence-corrected chi connectivity index (χ4v) is 6.03. The van der Waals surface area contributed by atoms with Crippen molar-refractivity contribution < 1.29 is 14.4 Å². The summed E-state index contributed by atoms with van der Waals surface area (Å²) in [4.78, 5) is 41.6. The van der Waals surface area contributed by atoms with Gasteiger partial charge >= 0.3 is 0 Å². The molecule has 0 radical (unpaired) electrons. The summed E-state index contributed by atoms with van der Waals surface area (Å²) in [6.07, 6.45) is 3.57. The maximum atomic E-state index is 14.1. The van der Waals surface area contributed by atoms with Crippen LogP contribution >= 0.6 is 0 Å². The predicted molar refractivity (Wildman–Crippen MR) is 178 cm³/mol. The summed E-state index contributed by atoms with van der Waals surface area (Å²) in [5.74, 6) is -1.14. The van der Waals surface area contributed by atoms with Crippen molar-refractivity contribution in [3.8, 4) is 0 Å². The predicted octanol–water partition coefficient (Wildman–Crippen LogP) is 7.92. The molecule has 0 aliphatic heterocycles. The van der Waals surface area contributed by atoms with Crippen LogP contribution < -0.4 is 5.32 Å². The average Bonchev–Trinajstić information content (AvgIpc) is 2.96. The van der Waals surface area contributed by atoms with Gasteiger partial charge in [0, 0.05) is 25.3 Å². The topological polar surface area (TPSA) is 66.5 Å². The van der Waals surface area contributed by atoms with E-state index in [1.54, 1.807) is 0 Å². The van der Waals surface area contributed by atoms with Crippen molar-refractivity contribution in [2.24, 2.45) is 23.7 Å². The minimum Gasteiger partial charge on any atom is -0.347 e. The lowest BCUT2D eigenvalue weighted by atomic mass is 9.70. The molecule has 0 fully saturated rings. The van der Waals surface area contributed by atoms with Crippen LogP contribution in [0.25, 0.3) is 11.1 Å². The quantitative estimate of drug-likeness (QED) is 0.216. The molecule has 0 spiro atoms. The number of benzene rings is 2. The van der Waals surface area contributed by atoms with Crippen LogP contribution in [0.3, 0.4) is 0 Å². The van der Waals surface area contributed by atoms with E-state index in [4.69, 9.17) is 0 Å². The van der Waals surface area contributed by atoms with Crippen molar-refractivity contribution in [1.82, 2.24) is 10.2 Å². The zero-order chi connectivity index (χ0) is 32.3. The average molecular weight is 583 g/mol. The van der Waals surface area contributed by atoms with Crippen LogP contribution in [0.4, 0.5) is 0 Å². The molecule has 1 aliphatic rings. The minimum atomic E-state index is -0.628. The first-order valence-corrected chi connectivity index (χ1v) is 15.2. The third kappa shape index (κ3) is 7.62. The summed E-state index contributed by atoms with van der Waals surface area (Å²) < 4.78 is 0. The lowest BCUT2D eigenvalue weighted by Gasteiger charge is -2.42. The van der Waals surface area contributed by atoms with E-state index in [1.165, 1.54) is 0 Å². The van der Waals surface area contributed by atoms with Crippen molar-refractivity contribution in [3.05, 3.63) is 95.6 Å². The number of amides is 2. The Morgan fingerprint density at radius 3 is 2.07 bits per heavy atom. The number of nitrogens with one attached hydrogen (secondary N) is 1. The molecule has 5 heteroatoms. The molecule has 0 saturated carbocycles. The van der Waals surface area contributed by atoms with Crippen LogP contribution in [-0.2, 0) is 25.5 Å². The van der Waals surface area contributed by atoms with Crippen molar-refractivity contribution in [3.63, 3.8) is 0 Å². The molecular weight excluding hydrogens is 532 g/mol. The molecule has 3 rings (SSSR count). The second-order valence-corrected chi connectivity index (χ2v) is 13.6. The maximum Gasteiger partial charge on any atom is 0.226 e. The number of hydrogen-bond donors (Lipinski definition) is 1. The molecule has 1 aliphatic carbocycles. The molecule has 0 saturated heterocycles. The molecule has 43 heavy (non-hydrogen) atoms.